The molecule has 1 N–H and O–H groups in total. The standard InChI is InChI=1S/C20H32N4O4S/c1-5-16(2)17-6-8-18(9-7-17)29(27,28)24-12-10-23(11-13-24)15-19(25)21-14-20(26)22(3)4/h6-9,16H,5,10-15H2,1-4H3,(H,21,25)/t16-/m1/s1. The van der Waals surface area contributed by atoms with Crippen LogP contribution in [0.4, 0.5) is 0 Å². The number of piperazine rings is 1. The normalized spacial score (nSPS) is 17.0. The molecule has 162 valence electrons. The van der Waals surface area contributed by atoms with E-state index in [0.29, 0.717) is 37.0 Å². The van der Waals surface area contributed by atoms with Crippen molar-refractivity contribution in [1.29, 1.82) is 0 Å². The molecule has 8 nitrogen and oxygen atoms in total. The summed E-state index contributed by atoms with van der Waals surface area (Å²) in [5, 5.41) is 2.59. The van der Waals surface area contributed by atoms with Crippen molar-refractivity contribution in [2.24, 2.45) is 0 Å². The van der Waals surface area contributed by atoms with E-state index in [1.54, 1.807) is 26.2 Å². The van der Waals surface area contributed by atoms with Crippen molar-refractivity contribution in [3.05, 3.63) is 29.8 Å². The molecule has 1 heterocycles. The summed E-state index contributed by atoms with van der Waals surface area (Å²) in [4.78, 5) is 27.1. The molecule has 0 saturated carbocycles. The Kier molecular flexibility index (Phi) is 8.18. The number of rotatable bonds is 8. The fourth-order valence-electron chi connectivity index (χ4n) is 3.07. The Labute approximate surface area is 173 Å². The van der Waals surface area contributed by atoms with Gasteiger partial charge in [-0.25, -0.2) is 8.42 Å². The molecule has 0 aliphatic carbocycles. The monoisotopic (exact) mass is 424 g/mol. The van der Waals surface area contributed by atoms with Gasteiger partial charge in [0.15, 0.2) is 0 Å². The minimum absolute atomic E-state index is 0.0349. The van der Waals surface area contributed by atoms with Gasteiger partial charge in [0.1, 0.15) is 0 Å². The highest BCUT2D eigenvalue weighted by molar-refractivity contribution is 7.89. The van der Waals surface area contributed by atoms with Gasteiger partial charge in [0.2, 0.25) is 21.8 Å². The number of nitrogens with one attached hydrogen (secondary N) is 1. The topological polar surface area (TPSA) is 90.0 Å². The van der Waals surface area contributed by atoms with Gasteiger partial charge in [-0.3, -0.25) is 14.5 Å². The molecule has 29 heavy (non-hydrogen) atoms. The van der Waals surface area contributed by atoms with Crippen LogP contribution in [0.25, 0.3) is 0 Å². The maximum absolute atomic E-state index is 12.9. The Balaban J connectivity index is 1.87. The summed E-state index contributed by atoms with van der Waals surface area (Å²) in [7, 11) is -0.276. The number of carbonyl (C=O) groups excluding carboxylic acids is 2. The van der Waals surface area contributed by atoms with E-state index in [2.05, 4.69) is 19.2 Å². The second kappa shape index (κ2) is 10.2. The summed E-state index contributed by atoms with van der Waals surface area (Å²) in [5.74, 6) is -0.0137. The zero-order valence-corrected chi connectivity index (χ0v) is 18.5. The number of benzene rings is 1. The van der Waals surface area contributed by atoms with Crippen LogP contribution < -0.4 is 5.32 Å². The van der Waals surface area contributed by atoms with E-state index in [4.69, 9.17) is 0 Å². The van der Waals surface area contributed by atoms with Crippen molar-refractivity contribution >= 4 is 21.8 Å². The van der Waals surface area contributed by atoms with E-state index in [0.717, 1.165) is 12.0 Å². The maximum atomic E-state index is 12.9. The molecule has 0 unspecified atom stereocenters. The van der Waals surface area contributed by atoms with E-state index >= 15 is 0 Å². The lowest BCUT2D eigenvalue weighted by Crippen LogP contribution is -2.51. The SMILES string of the molecule is CC[C@@H](C)c1ccc(S(=O)(=O)N2CCN(CC(=O)NCC(=O)N(C)C)CC2)cc1. The molecule has 9 heteroatoms. The molecule has 1 aromatic carbocycles. The molecule has 1 aromatic rings. The Morgan fingerprint density at radius 3 is 2.21 bits per heavy atom. The third kappa shape index (κ3) is 6.25. The van der Waals surface area contributed by atoms with Crippen LogP contribution in [0.15, 0.2) is 29.2 Å². The highest BCUT2D eigenvalue weighted by atomic mass is 32.2. The molecule has 0 aromatic heterocycles. The quantitative estimate of drug-likeness (QED) is 0.664. The Morgan fingerprint density at radius 2 is 1.69 bits per heavy atom. The number of sulfonamides is 1. The van der Waals surface area contributed by atoms with E-state index < -0.39 is 10.0 Å². The summed E-state index contributed by atoms with van der Waals surface area (Å²) in [5.41, 5.74) is 1.13. The fourth-order valence-corrected chi connectivity index (χ4v) is 4.49. The molecule has 2 rings (SSSR count). The smallest absolute Gasteiger partial charge is 0.243 e. The highest BCUT2D eigenvalue weighted by Gasteiger charge is 2.29. The first kappa shape index (κ1) is 23.3. The Hall–Kier alpha value is -1.97. The lowest BCUT2D eigenvalue weighted by atomic mass is 9.99. The predicted octanol–water partition coefficient (Wildman–Crippen LogP) is 0.711. The minimum Gasteiger partial charge on any atom is -0.347 e. The Bertz CT molecular complexity index is 800. The summed E-state index contributed by atoms with van der Waals surface area (Å²) >= 11 is 0. The third-order valence-corrected chi connectivity index (χ3v) is 7.25. The number of hydrogen-bond donors (Lipinski definition) is 1. The molecular formula is C20H32N4O4S. The van der Waals surface area contributed by atoms with Crippen LogP contribution in [0.1, 0.15) is 31.7 Å². The molecule has 1 fully saturated rings. The molecule has 0 spiro atoms. The van der Waals surface area contributed by atoms with Crippen molar-refractivity contribution in [3.8, 4) is 0 Å². The number of nitrogens with zero attached hydrogens (tertiary/aromatic N) is 3. The van der Waals surface area contributed by atoms with Gasteiger partial charge in [0.25, 0.3) is 0 Å². The molecule has 2 amide bonds. The van der Waals surface area contributed by atoms with Gasteiger partial charge in [-0.05, 0) is 30.0 Å². The van der Waals surface area contributed by atoms with Crippen molar-refractivity contribution in [2.45, 2.75) is 31.1 Å². The van der Waals surface area contributed by atoms with Crippen molar-refractivity contribution in [1.82, 2.24) is 19.4 Å². The molecule has 0 bridgehead atoms. The van der Waals surface area contributed by atoms with Crippen LogP contribution in [0.2, 0.25) is 0 Å². The second-order valence-corrected chi connectivity index (χ2v) is 9.56. The lowest BCUT2D eigenvalue weighted by molar-refractivity contribution is -0.131. The van der Waals surface area contributed by atoms with Gasteiger partial charge in [-0.15, -0.1) is 0 Å². The van der Waals surface area contributed by atoms with Gasteiger partial charge >= 0.3 is 0 Å². The van der Waals surface area contributed by atoms with Crippen LogP contribution in [0, 0.1) is 0 Å². The Morgan fingerprint density at radius 1 is 1.10 bits per heavy atom. The van der Waals surface area contributed by atoms with Crippen molar-refractivity contribution in [2.75, 3.05) is 53.4 Å². The van der Waals surface area contributed by atoms with Gasteiger partial charge < -0.3 is 10.2 Å². The number of amides is 2. The summed E-state index contributed by atoms with van der Waals surface area (Å²) in [6, 6.07) is 7.13. The molecule has 1 aliphatic rings. The maximum Gasteiger partial charge on any atom is 0.243 e. The van der Waals surface area contributed by atoms with Crippen LogP contribution in [-0.2, 0) is 19.6 Å². The van der Waals surface area contributed by atoms with Crippen LogP contribution in [0.3, 0.4) is 0 Å². The third-order valence-electron chi connectivity index (χ3n) is 5.33. The lowest BCUT2D eigenvalue weighted by Gasteiger charge is -2.33. The summed E-state index contributed by atoms with van der Waals surface area (Å²) in [6.07, 6.45) is 1.00. The fraction of sp³-hybridized carbons (Fsp3) is 0.600. The molecule has 0 radical (unpaired) electrons. The van der Waals surface area contributed by atoms with Gasteiger partial charge in [-0.2, -0.15) is 4.31 Å². The highest BCUT2D eigenvalue weighted by Crippen LogP contribution is 2.23. The van der Waals surface area contributed by atoms with Gasteiger partial charge in [-0.1, -0.05) is 26.0 Å². The average molecular weight is 425 g/mol. The molecule has 1 saturated heterocycles. The first-order chi connectivity index (χ1) is 13.6. The number of carbonyl (C=O) groups is 2. The summed E-state index contributed by atoms with van der Waals surface area (Å²) in [6.45, 7) is 5.95. The molecular weight excluding hydrogens is 392 g/mol. The van der Waals surface area contributed by atoms with Crippen molar-refractivity contribution in [3.63, 3.8) is 0 Å². The molecule has 1 atom stereocenters. The molecule has 1 aliphatic heterocycles. The second-order valence-electron chi connectivity index (χ2n) is 7.62. The first-order valence-electron chi connectivity index (χ1n) is 9.94. The zero-order chi connectivity index (χ0) is 21.6. The van der Waals surface area contributed by atoms with Crippen LogP contribution in [0.5, 0.6) is 0 Å². The predicted molar refractivity (Wildman–Crippen MR) is 112 cm³/mol. The number of likely N-dealkylation sites (N-methyl/N-ethyl adjacent to an activating group) is 1. The summed E-state index contributed by atoms with van der Waals surface area (Å²) < 4.78 is 27.3. The number of hydrogen-bond acceptors (Lipinski definition) is 5. The van der Waals surface area contributed by atoms with Crippen LogP contribution >= 0.6 is 0 Å². The van der Waals surface area contributed by atoms with E-state index in [1.807, 2.05) is 17.0 Å². The zero-order valence-electron chi connectivity index (χ0n) is 17.7. The van der Waals surface area contributed by atoms with E-state index in [1.165, 1.54) is 9.21 Å². The first-order valence-corrected chi connectivity index (χ1v) is 11.4. The van der Waals surface area contributed by atoms with Gasteiger partial charge in [0.05, 0.1) is 18.0 Å². The van der Waals surface area contributed by atoms with Crippen molar-refractivity contribution < 1.29 is 18.0 Å². The average Bonchev–Trinajstić information content (AvgIpc) is 2.71. The van der Waals surface area contributed by atoms with E-state index in [9.17, 15) is 18.0 Å². The largest absolute Gasteiger partial charge is 0.347 e. The minimum atomic E-state index is -3.54. The van der Waals surface area contributed by atoms with Gasteiger partial charge in [0, 0.05) is 40.3 Å². The van der Waals surface area contributed by atoms with Crippen LogP contribution in [-0.4, -0.2) is 87.7 Å². The van der Waals surface area contributed by atoms with E-state index in [-0.39, 0.29) is 24.9 Å².